The molecule has 1 aromatic heterocycles. The molecule has 1 heterocycles. The largest absolute Gasteiger partial charge is 0.339 e. The maximum absolute atomic E-state index is 12.4. The average Bonchev–Trinajstić information content (AvgIpc) is 3.18. The van der Waals surface area contributed by atoms with Gasteiger partial charge in [0.15, 0.2) is 0 Å². The Morgan fingerprint density at radius 1 is 1.35 bits per heavy atom. The van der Waals surface area contributed by atoms with Crippen LogP contribution in [-0.2, 0) is 0 Å². The third-order valence-electron chi connectivity index (χ3n) is 3.19. The highest BCUT2D eigenvalue weighted by Crippen LogP contribution is 2.38. The summed E-state index contributed by atoms with van der Waals surface area (Å²) in [6.45, 7) is 0. The standard InChI is InChI=1S/C14H11BrCl2N2O/c15-8-6-12(19(7-8)9-4-5-9)14(20)18-11-3-1-2-10(16)13(11)17/h1-3,6-7,9H,4-5H2,(H,18,20). The molecular formula is C14H11BrCl2N2O. The third kappa shape index (κ3) is 2.73. The van der Waals surface area contributed by atoms with Crippen molar-refractivity contribution >= 4 is 50.7 Å². The van der Waals surface area contributed by atoms with Crippen LogP contribution in [0, 0.1) is 0 Å². The third-order valence-corrected chi connectivity index (χ3v) is 4.44. The summed E-state index contributed by atoms with van der Waals surface area (Å²) in [4.78, 5) is 12.4. The minimum atomic E-state index is -0.188. The van der Waals surface area contributed by atoms with E-state index in [9.17, 15) is 4.79 Å². The first-order valence-electron chi connectivity index (χ1n) is 6.19. The second-order valence-corrected chi connectivity index (χ2v) is 6.44. The van der Waals surface area contributed by atoms with Crippen molar-refractivity contribution in [2.45, 2.75) is 18.9 Å². The number of aromatic nitrogens is 1. The van der Waals surface area contributed by atoms with Crippen molar-refractivity contribution in [3.05, 3.63) is 50.7 Å². The van der Waals surface area contributed by atoms with Crippen LogP contribution in [0.1, 0.15) is 29.4 Å². The van der Waals surface area contributed by atoms with Gasteiger partial charge in [-0.05, 0) is 47.0 Å². The zero-order chi connectivity index (χ0) is 14.3. The molecule has 3 nitrogen and oxygen atoms in total. The number of rotatable bonds is 3. The van der Waals surface area contributed by atoms with Gasteiger partial charge in [0, 0.05) is 16.7 Å². The van der Waals surface area contributed by atoms with Gasteiger partial charge in [0.1, 0.15) is 5.69 Å². The number of amides is 1. The Morgan fingerprint density at radius 3 is 2.80 bits per heavy atom. The van der Waals surface area contributed by atoms with Gasteiger partial charge in [-0.3, -0.25) is 4.79 Å². The number of halogens is 3. The fourth-order valence-corrected chi connectivity index (χ4v) is 2.85. The molecule has 1 fully saturated rings. The number of hydrogen-bond donors (Lipinski definition) is 1. The van der Waals surface area contributed by atoms with Gasteiger partial charge in [0.2, 0.25) is 0 Å². The Labute approximate surface area is 135 Å². The summed E-state index contributed by atoms with van der Waals surface area (Å²) >= 11 is 15.4. The van der Waals surface area contributed by atoms with Gasteiger partial charge < -0.3 is 9.88 Å². The van der Waals surface area contributed by atoms with E-state index in [0.29, 0.717) is 27.5 Å². The van der Waals surface area contributed by atoms with Crippen LogP contribution in [-0.4, -0.2) is 10.5 Å². The Hall–Kier alpha value is -0.970. The molecule has 6 heteroatoms. The molecule has 20 heavy (non-hydrogen) atoms. The maximum Gasteiger partial charge on any atom is 0.272 e. The highest BCUT2D eigenvalue weighted by molar-refractivity contribution is 9.10. The molecule has 1 aromatic carbocycles. The predicted octanol–water partition coefficient (Wildman–Crippen LogP) is 5.14. The molecule has 1 saturated carbocycles. The van der Waals surface area contributed by atoms with Crippen LogP contribution in [0.5, 0.6) is 0 Å². The highest BCUT2D eigenvalue weighted by atomic mass is 79.9. The van der Waals surface area contributed by atoms with E-state index in [-0.39, 0.29) is 5.91 Å². The molecule has 1 aliphatic carbocycles. The molecular weight excluding hydrogens is 363 g/mol. The molecule has 1 amide bonds. The van der Waals surface area contributed by atoms with E-state index in [1.807, 2.05) is 16.8 Å². The molecule has 0 saturated heterocycles. The fraction of sp³-hybridized carbons (Fsp3) is 0.214. The van der Waals surface area contributed by atoms with Crippen molar-refractivity contribution < 1.29 is 4.79 Å². The van der Waals surface area contributed by atoms with Gasteiger partial charge in [-0.15, -0.1) is 0 Å². The van der Waals surface area contributed by atoms with Crippen molar-refractivity contribution in [1.29, 1.82) is 0 Å². The summed E-state index contributed by atoms with van der Waals surface area (Å²) in [5, 5.41) is 3.58. The monoisotopic (exact) mass is 372 g/mol. The van der Waals surface area contributed by atoms with Gasteiger partial charge in [0.25, 0.3) is 5.91 Å². The summed E-state index contributed by atoms with van der Waals surface area (Å²) in [6, 6.07) is 7.40. The Morgan fingerprint density at radius 2 is 2.10 bits per heavy atom. The van der Waals surface area contributed by atoms with Gasteiger partial charge in [-0.25, -0.2) is 0 Å². The molecule has 3 rings (SSSR count). The first kappa shape index (κ1) is 14.0. The molecule has 1 aliphatic rings. The number of carbonyl (C=O) groups excluding carboxylic acids is 1. The van der Waals surface area contributed by atoms with Crippen molar-refractivity contribution in [2.24, 2.45) is 0 Å². The summed E-state index contributed by atoms with van der Waals surface area (Å²) in [5.41, 5.74) is 1.14. The summed E-state index contributed by atoms with van der Waals surface area (Å²) in [7, 11) is 0. The SMILES string of the molecule is O=C(Nc1cccc(Cl)c1Cl)c1cc(Br)cn1C1CC1. The topological polar surface area (TPSA) is 34.0 Å². The van der Waals surface area contributed by atoms with Crippen molar-refractivity contribution in [1.82, 2.24) is 4.57 Å². The lowest BCUT2D eigenvalue weighted by atomic mass is 10.3. The zero-order valence-corrected chi connectivity index (χ0v) is 13.5. The van der Waals surface area contributed by atoms with E-state index in [0.717, 1.165) is 17.3 Å². The molecule has 0 aliphatic heterocycles. The van der Waals surface area contributed by atoms with E-state index in [1.165, 1.54) is 0 Å². The van der Waals surface area contributed by atoms with Gasteiger partial charge in [-0.1, -0.05) is 29.3 Å². The lowest BCUT2D eigenvalue weighted by Crippen LogP contribution is -2.16. The number of carbonyl (C=O) groups is 1. The van der Waals surface area contributed by atoms with Crippen LogP contribution in [0.25, 0.3) is 0 Å². The number of benzene rings is 1. The van der Waals surface area contributed by atoms with Crippen LogP contribution in [0.3, 0.4) is 0 Å². The van der Waals surface area contributed by atoms with Crippen LogP contribution >= 0.6 is 39.1 Å². The molecule has 0 radical (unpaired) electrons. The van der Waals surface area contributed by atoms with Crippen LogP contribution in [0.15, 0.2) is 34.9 Å². The molecule has 0 atom stereocenters. The molecule has 0 unspecified atom stereocenters. The number of anilines is 1. The molecule has 2 aromatic rings. The van der Waals surface area contributed by atoms with E-state index >= 15 is 0 Å². The van der Waals surface area contributed by atoms with Crippen LogP contribution in [0.2, 0.25) is 10.0 Å². The second-order valence-electron chi connectivity index (χ2n) is 4.74. The highest BCUT2D eigenvalue weighted by Gasteiger charge is 2.28. The molecule has 1 N–H and O–H groups in total. The van der Waals surface area contributed by atoms with E-state index in [1.54, 1.807) is 18.2 Å². The van der Waals surface area contributed by atoms with E-state index < -0.39 is 0 Å². The smallest absolute Gasteiger partial charge is 0.272 e. The maximum atomic E-state index is 12.4. The number of nitrogens with one attached hydrogen (secondary N) is 1. The lowest BCUT2D eigenvalue weighted by Gasteiger charge is -2.10. The summed E-state index contributed by atoms with van der Waals surface area (Å²) < 4.78 is 2.89. The van der Waals surface area contributed by atoms with Gasteiger partial charge in [-0.2, -0.15) is 0 Å². The quantitative estimate of drug-likeness (QED) is 0.793. The predicted molar refractivity (Wildman–Crippen MR) is 84.8 cm³/mol. The average molecular weight is 374 g/mol. The lowest BCUT2D eigenvalue weighted by molar-refractivity contribution is 0.101. The summed E-state index contributed by atoms with van der Waals surface area (Å²) in [6.07, 6.45) is 4.16. The van der Waals surface area contributed by atoms with Crippen LogP contribution < -0.4 is 5.32 Å². The molecule has 0 spiro atoms. The van der Waals surface area contributed by atoms with Gasteiger partial charge >= 0.3 is 0 Å². The van der Waals surface area contributed by atoms with Crippen LogP contribution in [0.4, 0.5) is 5.69 Å². The number of nitrogens with zero attached hydrogens (tertiary/aromatic N) is 1. The summed E-state index contributed by atoms with van der Waals surface area (Å²) in [5.74, 6) is -0.188. The van der Waals surface area contributed by atoms with E-state index in [2.05, 4.69) is 21.2 Å². The Bertz CT molecular complexity index is 680. The normalized spacial score (nSPS) is 14.3. The first-order chi connectivity index (χ1) is 9.56. The van der Waals surface area contributed by atoms with Crippen molar-refractivity contribution in [2.75, 3.05) is 5.32 Å². The molecule has 0 bridgehead atoms. The number of hydrogen-bond acceptors (Lipinski definition) is 1. The van der Waals surface area contributed by atoms with Crippen molar-refractivity contribution in [3.8, 4) is 0 Å². The minimum absolute atomic E-state index is 0.188. The zero-order valence-electron chi connectivity index (χ0n) is 10.4. The Kier molecular flexibility index (Phi) is 3.80. The second kappa shape index (κ2) is 5.43. The Balaban J connectivity index is 1.88. The minimum Gasteiger partial charge on any atom is -0.339 e. The van der Waals surface area contributed by atoms with Gasteiger partial charge in [0.05, 0.1) is 15.7 Å². The first-order valence-corrected chi connectivity index (χ1v) is 7.74. The van der Waals surface area contributed by atoms with E-state index in [4.69, 9.17) is 23.2 Å². The molecule has 104 valence electrons. The fourth-order valence-electron chi connectivity index (χ4n) is 2.07. The van der Waals surface area contributed by atoms with Crippen molar-refractivity contribution in [3.63, 3.8) is 0 Å².